The molecule has 0 atom stereocenters. The fourth-order valence-electron chi connectivity index (χ4n) is 2.74. The van der Waals surface area contributed by atoms with Gasteiger partial charge in [-0.1, -0.05) is 11.6 Å². The number of nitrogens with zero attached hydrogens (tertiary/aromatic N) is 2. The third-order valence-corrected chi connectivity index (χ3v) is 4.84. The number of aromatic nitrogens is 2. The van der Waals surface area contributed by atoms with E-state index in [1.165, 1.54) is 0 Å². The van der Waals surface area contributed by atoms with Crippen molar-refractivity contribution >= 4 is 17.5 Å². The van der Waals surface area contributed by atoms with Crippen molar-refractivity contribution in [3.8, 4) is 17.2 Å². The Balaban J connectivity index is 1.52. The molecule has 1 N–H and O–H groups in total. The zero-order chi connectivity index (χ0) is 20.1. The van der Waals surface area contributed by atoms with Crippen LogP contribution in [0.1, 0.15) is 21.7 Å². The van der Waals surface area contributed by atoms with Crippen molar-refractivity contribution in [3.63, 3.8) is 0 Å². The maximum Gasteiger partial charge on any atom is 0.251 e. The van der Waals surface area contributed by atoms with E-state index in [0.717, 1.165) is 28.6 Å². The van der Waals surface area contributed by atoms with Gasteiger partial charge in [-0.25, -0.2) is 4.68 Å². The summed E-state index contributed by atoms with van der Waals surface area (Å²) in [6.07, 6.45) is 0. The van der Waals surface area contributed by atoms with Crippen LogP contribution < -0.4 is 14.8 Å². The summed E-state index contributed by atoms with van der Waals surface area (Å²) in [5, 5.41) is 7.91. The smallest absolute Gasteiger partial charge is 0.251 e. The van der Waals surface area contributed by atoms with Crippen LogP contribution in [0.3, 0.4) is 0 Å². The van der Waals surface area contributed by atoms with Gasteiger partial charge in [0.05, 0.1) is 35.8 Å². The lowest BCUT2D eigenvalue weighted by atomic mass is 10.2. The molecule has 0 aliphatic rings. The van der Waals surface area contributed by atoms with E-state index in [1.807, 2.05) is 50.2 Å². The van der Waals surface area contributed by atoms with Gasteiger partial charge in [0.1, 0.15) is 18.1 Å². The van der Waals surface area contributed by atoms with E-state index in [4.69, 9.17) is 21.1 Å². The molecule has 0 bridgehead atoms. The Labute approximate surface area is 169 Å². The van der Waals surface area contributed by atoms with Crippen molar-refractivity contribution in [2.75, 3.05) is 20.3 Å². The zero-order valence-electron chi connectivity index (χ0n) is 16.0. The van der Waals surface area contributed by atoms with Gasteiger partial charge in [0, 0.05) is 5.56 Å². The largest absolute Gasteiger partial charge is 0.497 e. The third-order valence-electron chi connectivity index (χ3n) is 4.29. The van der Waals surface area contributed by atoms with Gasteiger partial charge in [-0.3, -0.25) is 4.79 Å². The highest BCUT2D eigenvalue weighted by atomic mass is 35.5. The van der Waals surface area contributed by atoms with Crippen molar-refractivity contribution in [2.45, 2.75) is 13.8 Å². The number of carbonyl (C=O) groups excluding carboxylic acids is 1. The molecule has 0 spiro atoms. The molecule has 1 amide bonds. The van der Waals surface area contributed by atoms with Crippen molar-refractivity contribution in [1.82, 2.24) is 15.1 Å². The van der Waals surface area contributed by atoms with Crippen LogP contribution in [0.15, 0.2) is 48.5 Å². The van der Waals surface area contributed by atoms with Crippen LogP contribution in [0, 0.1) is 13.8 Å². The standard InChI is InChI=1S/C21H22ClN3O3/c1-14-20(22)15(2)25(24-14)17-6-4-16(5-7-17)21(26)23-12-13-28-19-10-8-18(27-3)9-11-19/h4-11H,12-13H2,1-3H3,(H,23,26). The van der Waals surface area contributed by atoms with Crippen LogP contribution in [0.25, 0.3) is 5.69 Å². The Bertz CT molecular complexity index is 950. The predicted molar refractivity (Wildman–Crippen MR) is 109 cm³/mol. The number of carbonyl (C=O) groups is 1. The van der Waals surface area contributed by atoms with Gasteiger partial charge in [-0.05, 0) is 62.4 Å². The summed E-state index contributed by atoms with van der Waals surface area (Å²) in [6, 6.07) is 14.5. The summed E-state index contributed by atoms with van der Waals surface area (Å²) < 4.78 is 12.5. The first kappa shape index (κ1) is 19.8. The molecule has 1 aromatic heterocycles. The molecule has 7 heteroatoms. The van der Waals surface area contributed by atoms with E-state index >= 15 is 0 Å². The number of halogens is 1. The van der Waals surface area contributed by atoms with Crippen LogP contribution in [-0.2, 0) is 0 Å². The minimum atomic E-state index is -0.156. The molecular weight excluding hydrogens is 378 g/mol. The van der Waals surface area contributed by atoms with E-state index in [9.17, 15) is 4.79 Å². The third kappa shape index (κ3) is 4.46. The Morgan fingerprint density at radius 3 is 2.29 bits per heavy atom. The molecule has 0 radical (unpaired) electrons. The van der Waals surface area contributed by atoms with Gasteiger partial charge in [0.25, 0.3) is 5.91 Å². The Morgan fingerprint density at radius 1 is 1.07 bits per heavy atom. The summed E-state index contributed by atoms with van der Waals surface area (Å²) in [4.78, 5) is 12.3. The van der Waals surface area contributed by atoms with E-state index in [1.54, 1.807) is 23.9 Å². The van der Waals surface area contributed by atoms with Crippen LogP contribution in [0.5, 0.6) is 11.5 Å². The predicted octanol–water partition coefficient (Wildman–Crippen LogP) is 3.96. The number of amides is 1. The average Bonchev–Trinajstić information content (AvgIpc) is 2.99. The molecule has 0 fully saturated rings. The topological polar surface area (TPSA) is 65.4 Å². The lowest BCUT2D eigenvalue weighted by molar-refractivity contribution is 0.0947. The molecule has 0 aliphatic carbocycles. The summed E-state index contributed by atoms with van der Waals surface area (Å²) in [5.74, 6) is 1.34. The van der Waals surface area contributed by atoms with E-state index in [-0.39, 0.29) is 5.91 Å². The zero-order valence-corrected chi connectivity index (χ0v) is 16.8. The molecule has 3 aromatic rings. The lowest BCUT2D eigenvalue weighted by Crippen LogP contribution is -2.28. The van der Waals surface area contributed by atoms with Crippen LogP contribution >= 0.6 is 11.6 Å². The second kappa shape index (κ2) is 8.80. The van der Waals surface area contributed by atoms with Crippen molar-refractivity contribution in [3.05, 3.63) is 70.5 Å². The van der Waals surface area contributed by atoms with E-state index in [0.29, 0.717) is 23.7 Å². The summed E-state index contributed by atoms with van der Waals surface area (Å²) >= 11 is 6.19. The number of methoxy groups -OCH3 is 1. The van der Waals surface area contributed by atoms with Gasteiger partial charge >= 0.3 is 0 Å². The molecule has 0 aliphatic heterocycles. The quantitative estimate of drug-likeness (QED) is 0.611. The second-order valence-corrected chi connectivity index (χ2v) is 6.60. The molecule has 3 rings (SSSR count). The number of hydrogen-bond donors (Lipinski definition) is 1. The normalized spacial score (nSPS) is 10.6. The van der Waals surface area contributed by atoms with Gasteiger partial charge in [0.15, 0.2) is 0 Å². The molecular formula is C21H22ClN3O3. The van der Waals surface area contributed by atoms with Crippen molar-refractivity contribution in [1.29, 1.82) is 0 Å². The molecule has 28 heavy (non-hydrogen) atoms. The van der Waals surface area contributed by atoms with Crippen molar-refractivity contribution < 1.29 is 14.3 Å². The average molecular weight is 400 g/mol. The Hall–Kier alpha value is -2.99. The highest BCUT2D eigenvalue weighted by molar-refractivity contribution is 6.31. The molecule has 2 aromatic carbocycles. The van der Waals surface area contributed by atoms with Crippen molar-refractivity contribution in [2.24, 2.45) is 0 Å². The number of nitrogens with one attached hydrogen (secondary N) is 1. The van der Waals surface area contributed by atoms with Crippen LogP contribution in [0.4, 0.5) is 0 Å². The highest BCUT2D eigenvalue weighted by Crippen LogP contribution is 2.22. The first-order valence-corrected chi connectivity index (χ1v) is 9.24. The fourth-order valence-corrected chi connectivity index (χ4v) is 2.85. The van der Waals surface area contributed by atoms with Crippen LogP contribution in [0.2, 0.25) is 5.02 Å². The minimum absolute atomic E-state index is 0.156. The molecule has 0 unspecified atom stereocenters. The summed E-state index contributed by atoms with van der Waals surface area (Å²) in [6.45, 7) is 4.55. The minimum Gasteiger partial charge on any atom is -0.497 e. The number of ether oxygens (including phenoxy) is 2. The molecule has 6 nitrogen and oxygen atoms in total. The first-order chi connectivity index (χ1) is 13.5. The van der Waals surface area contributed by atoms with E-state index < -0.39 is 0 Å². The van der Waals surface area contributed by atoms with E-state index in [2.05, 4.69) is 10.4 Å². The second-order valence-electron chi connectivity index (χ2n) is 6.22. The summed E-state index contributed by atoms with van der Waals surface area (Å²) in [7, 11) is 1.62. The monoisotopic (exact) mass is 399 g/mol. The first-order valence-electron chi connectivity index (χ1n) is 8.87. The Morgan fingerprint density at radius 2 is 1.71 bits per heavy atom. The number of aryl methyl sites for hydroxylation is 1. The number of hydrogen-bond acceptors (Lipinski definition) is 4. The number of rotatable bonds is 7. The molecule has 0 saturated carbocycles. The summed E-state index contributed by atoms with van der Waals surface area (Å²) in [5.41, 5.74) is 3.07. The van der Waals surface area contributed by atoms with Crippen LogP contribution in [-0.4, -0.2) is 35.9 Å². The van der Waals surface area contributed by atoms with Gasteiger partial charge in [0.2, 0.25) is 0 Å². The SMILES string of the molecule is COc1ccc(OCCNC(=O)c2ccc(-n3nc(C)c(Cl)c3C)cc2)cc1. The van der Waals surface area contributed by atoms with Gasteiger partial charge in [-0.2, -0.15) is 5.10 Å². The molecule has 1 heterocycles. The van der Waals surface area contributed by atoms with Gasteiger partial charge in [-0.15, -0.1) is 0 Å². The number of benzene rings is 2. The highest BCUT2D eigenvalue weighted by Gasteiger charge is 2.11. The fraction of sp³-hybridized carbons (Fsp3) is 0.238. The lowest BCUT2D eigenvalue weighted by Gasteiger charge is -2.09. The van der Waals surface area contributed by atoms with Gasteiger partial charge < -0.3 is 14.8 Å². The molecule has 0 saturated heterocycles. The maximum absolute atomic E-state index is 12.3. The maximum atomic E-state index is 12.3. The Kier molecular flexibility index (Phi) is 6.21. The molecule has 146 valence electrons.